The molecule has 0 fully saturated rings. The van der Waals surface area contributed by atoms with Crippen molar-refractivity contribution in [3.63, 3.8) is 0 Å². The van der Waals surface area contributed by atoms with Crippen LogP contribution in [0.1, 0.15) is 21.5 Å². The van der Waals surface area contributed by atoms with Crippen molar-refractivity contribution in [2.24, 2.45) is 0 Å². The quantitative estimate of drug-likeness (QED) is 0.361. The molecule has 0 spiro atoms. The molecular weight excluding hydrogens is 511 g/mol. The van der Waals surface area contributed by atoms with Gasteiger partial charge in [-0.25, -0.2) is 4.79 Å². The summed E-state index contributed by atoms with van der Waals surface area (Å²) in [6.07, 6.45) is 0. The predicted molar refractivity (Wildman–Crippen MR) is 101 cm³/mol. The van der Waals surface area contributed by atoms with E-state index < -0.39 is 0 Å². The van der Waals surface area contributed by atoms with E-state index in [-0.39, 0.29) is 10.5 Å². The number of alkyl halides is 1. The average Bonchev–Trinajstić information content (AvgIpc) is 2.79. The lowest BCUT2D eigenvalue weighted by atomic mass is 10.0. The van der Waals surface area contributed by atoms with Crippen LogP contribution in [-0.4, -0.2) is 9.97 Å². The molecule has 21 heavy (non-hydrogen) atoms. The van der Waals surface area contributed by atoms with E-state index in [1.165, 1.54) is 14.7 Å². The van der Waals surface area contributed by atoms with Crippen molar-refractivity contribution >= 4 is 65.5 Å². The third-order valence-corrected chi connectivity index (χ3v) is 6.55. The van der Waals surface area contributed by atoms with Crippen molar-refractivity contribution in [2.45, 2.75) is 11.8 Å². The highest BCUT2D eigenvalue weighted by Crippen LogP contribution is 2.39. The largest absolute Gasteiger partial charge is 0.323 e. The first kappa shape index (κ1) is 15.3. The summed E-state index contributed by atoms with van der Waals surface area (Å²) >= 11 is 9.76. The van der Waals surface area contributed by atoms with Crippen LogP contribution in [0.15, 0.2) is 39.6 Å². The maximum absolute atomic E-state index is 11.4. The number of H-pyrrole nitrogens is 2. The smallest absolute Gasteiger partial charge is 0.306 e. The topological polar surface area (TPSA) is 48.6 Å². The van der Waals surface area contributed by atoms with Gasteiger partial charge < -0.3 is 9.97 Å². The van der Waals surface area contributed by atoms with E-state index in [1.807, 2.05) is 12.1 Å². The molecule has 0 amide bonds. The van der Waals surface area contributed by atoms with Crippen LogP contribution in [0.2, 0.25) is 0 Å². The monoisotopic (exact) mass is 520 g/mol. The maximum atomic E-state index is 11.4. The molecule has 1 heterocycles. The highest BCUT2D eigenvalue weighted by Gasteiger charge is 2.18. The lowest BCUT2D eigenvalue weighted by Crippen LogP contribution is -1.99. The second kappa shape index (κ2) is 5.89. The Balaban J connectivity index is 2.16. The number of nitrogens with one attached hydrogen (secondary N) is 2. The highest BCUT2D eigenvalue weighted by atomic mass is 127. The van der Waals surface area contributed by atoms with Gasteiger partial charge in [-0.1, -0.05) is 50.1 Å². The Morgan fingerprint density at radius 3 is 2.52 bits per heavy atom. The maximum Gasteiger partial charge on any atom is 0.323 e. The first-order valence-electron chi connectivity index (χ1n) is 6.28. The predicted octanol–water partition coefficient (Wildman–Crippen LogP) is 5.02. The molecule has 0 saturated heterocycles. The van der Waals surface area contributed by atoms with Gasteiger partial charge in [0.25, 0.3) is 0 Å². The van der Waals surface area contributed by atoms with Gasteiger partial charge in [-0.3, -0.25) is 0 Å². The van der Waals surface area contributed by atoms with Crippen LogP contribution in [0.3, 0.4) is 0 Å². The first-order chi connectivity index (χ1) is 9.97. The Morgan fingerprint density at radius 1 is 1.14 bits per heavy atom. The first-order valence-corrected chi connectivity index (χ1v) is 9.06. The van der Waals surface area contributed by atoms with Gasteiger partial charge in [-0.2, -0.15) is 0 Å². The van der Waals surface area contributed by atoms with Gasteiger partial charge in [0.05, 0.1) is 15.9 Å². The number of hydrogen-bond acceptors (Lipinski definition) is 1. The molecule has 0 saturated carbocycles. The van der Waals surface area contributed by atoms with Crippen molar-refractivity contribution in [3.8, 4) is 0 Å². The second-order valence-corrected chi connectivity index (χ2v) is 7.69. The summed E-state index contributed by atoms with van der Waals surface area (Å²) in [6, 6.07) is 10.2. The highest BCUT2D eigenvalue weighted by molar-refractivity contribution is 14.1. The Bertz CT molecular complexity index is 885. The number of aromatic amines is 2. The molecule has 3 nitrogen and oxygen atoms in total. The molecule has 2 N–H and O–H groups in total. The molecule has 0 aliphatic rings. The van der Waals surface area contributed by atoms with Crippen molar-refractivity contribution in [1.82, 2.24) is 9.97 Å². The van der Waals surface area contributed by atoms with E-state index in [9.17, 15) is 4.79 Å². The van der Waals surface area contributed by atoms with Gasteiger partial charge in [0.15, 0.2) is 0 Å². The van der Waals surface area contributed by atoms with Crippen LogP contribution < -0.4 is 5.69 Å². The Kier molecular flexibility index (Phi) is 4.29. The van der Waals surface area contributed by atoms with E-state index in [1.54, 1.807) is 0 Å². The van der Waals surface area contributed by atoms with E-state index >= 15 is 0 Å². The molecule has 1 atom stereocenters. The van der Waals surface area contributed by atoms with Crippen molar-refractivity contribution in [2.75, 3.05) is 0 Å². The van der Waals surface area contributed by atoms with Crippen molar-refractivity contribution < 1.29 is 0 Å². The van der Waals surface area contributed by atoms with E-state index in [4.69, 9.17) is 0 Å². The summed E-state index contributed by atoms with van der Waals surface area (Å²) in [7, 11) is 0. The van der Waals surface area contributed by atoms with Gasteiger partial charge in [-0.15, -0.1) is 0 Å². The van der Waals surface area contributed by atoms with Crippen LogP contribution in [0.4, 0.5) is 0 Å². The Labute approximate surface area is 151 Å². The fourth-order valence-corrected chi connectivity index (χ4v) is 5.04. The standard InChI is InChI=1S/C15H11Br2IN2O/c1-7-3-2-4-8(14(7)18)13(17)9-5-11-12(6-10(9)16)20-15(21)19-11/h2-6,13H,1H3,(H2,19,20,21). The molecule has 3 rings (SSSR count). The lowest BCUT2D eigenvalue weighted by molar-refractivity contribution is 1.14. The zero-order chi connectivity index (χ0) is 15.1. The van der Waals surface area contributed by atoms with E-state index in [2.05, 4.69) is 89.5 Å². The molecule has 0 aliphatic heterocycles. The van der Waals surface area contributed by atoms with Crippen LogP contribution in [0, 0.1) is 10.5 Å². The number of imidazole rings is 1. The molecule has 1 unspecified atom stereocenters. The number of hydrogen-bond donors (Lipinski definition) is 2. The summed E-state index contributed by atoms with van der Waals surface area (Å²) < 4.78 is 2.20. The molecule has 0 radical (unpaired) electrons. The molecule has 3 aromatic rings. The zero-order valence-corrected chi connectivity index (χ0v) is 16.3. The molecule has 2 aromatic carbocycles. The number of aromatic nitrogens is 2. The van der Waals surface area contributed by atoms with E-state index in [0.29, 0.717) is 0 Å². The Hall–Kier alpha value is -0.600. The summed E-state index contributed by atoms with van der Waals surface area (Å²) in [5, 5.41) is 0. The van der Waals surface area contributed by atoms with Gasteiger partial charge in [0.2, 0.25) is 0 Å². The third-order valence-electron chi connectivity index (χ3n) is 3.40. The molecular formula is C15H11Br2IN2O. The van der Waals surface area contributed by atoms with Crippen LogP contribution in [-0.2, 0) is 0 Å². The third kappa shape index (κ3) is 2.85. The van der Waals surface area contributed by atoms with Crippen molar-refractivity contribution in [3.05, 3.63) is 65.5 Å². The van der Waals surface area contributed by atoms with Crippen molar-refractivity contribution in [1.29, 1.82) is 0 Å². The fourth-order valence-electron chi connectivity index (χ4n) is 2.30. The summed E-state index contributed by atoms with van der Waals surface area (Å²) in [5.74, 6) is 0. The van der Waals surface area contributed by atoms with Crippen LogP contribution >= 0.6 is 54.5 Å². The van der Waals surface area contributed by atoms with Gasteiger partial charge in [0.1, 0.15) is 0 Å². The minimum absolute atomic E-state index is 0.0569. The second-order valence-electron chi connectivity index (χ2n) is 4.84. The normalized spacial score (nSPS) is 12.8. The van der Waals surface area contributed by atoms with Gasteiger partial charge in [0, 0.05) is 8.04 Å². The number of rotatable bonds is 2. The van der Waals surface area contributed by atoms with Gasteiger partial charge in [-0.05, 0) is 58.3 Å². The summed E-state index contributed by atoms with van der Waals surface area (Å²) in [5.41, 5.74) is 4.98. The van der Waals surface area contributed by atoms with E-state index in [0.717, 1.165) is 21.1 Å². The molecule has 0 bridgehead atoms. The van der Waals surface area contributed by atoms with Crippen LogP contribution in [0.5, 0.6) is 0 Å². The minimum atomic E-state index is -0.190. The summed E-state index contributed by atoms with van der Waals surface area (Å²) in [4.78, 5) is 17.0. The summed E-state index contributed by atoms with van der Waals surface area (Å²) in [6.45, 7) is 2.10. The minimum Gasteiger partial charge on any atom is -0.306 e. The lowest BCUT2D eigenvalue weighted by Gasteiger charge is -2.16. The number of aryl methyl sites for hydroxylation is 1. The molecule has 6 heteroatoms. The molecule has 108 valence electrons. The fraction of sp³-hybridized carbons (Fsp3) is 0.133. The number of benzene rings is 2. The molecule has 1 aromatic heterocycles. The van der Waals surface area contributed by atoms with Crippen LogP contribution in [0.25, 0.3) is 11.0 Å². The molecule has 0 aliphatic carbocycles. The Morgan fingerprint density at radius 2 is 1.81 bits per heavy atom. The number of fused-ring (bicyclic) bond motifs is 1. The number of halogens is 3. The SMILES string of the molecule is Cc1cccc(C(Br)c2cc3[nH]c(=O)[nH]c3cc2Br)c1I. The average molecular weight is 522 g/mol. The van der Waals surface area contributed by atoms with Gasteiger partial charge >= 0.3 is 5.69 Å². The zero-order valence-electron chi connectivity index (χ0n) is 11.0.